The van der Waals surface area contributed by atoms with Crippen LogP contribution in [0.1, 0.15) is 53.4 Å². The van der Waals surface area contributed by atoms with Gasteiger partial charge in [0.05, 0.1) is 5.92 Å². The third-order valence-corrected chi connectivity index (χ3v) is 3.22. The summed E-state index contributed by atoms with van der Waals surface area (Å²) in [5, 5.41) is 0. The number of amides is 1. The normalized spacial score (nSPS) is 21.6. The Hall–Kier alpha value is -0.860. The Labute approximate surface area is 98.2 Å². The van der Waals surface area contributed by atoms with Crippen LogP contribution in [-0.4, -0.2) is 28.7 Å². The van der Waals surface area contributed by atoms with E-state index in [1.807, 2.05) is 32.6 Å². The molecule has 1 aliphatic rings. The molecular weight excluding hydrogens is 202 g/mol. The van der Waals surface area contributed by atoms with Crippen LogP contribution in [-0.2, 0) is 9.59 Å². The van der Waals surface area contributed by atoms with Crippen LogP contribution in [0.4, 0.5) is 0 Å². The van der Waals surface area contributed by atoms with Crippen LogP contribution >= 0.6 is 0 Å². The van der Waals surface area contributed by atoms with E-state index in [1.54, 1.807) is 0 Å². The van der Waals surface area contributed by atoms with Gasteiger partial charge in [-0.1, -0.05) is 6.42 Å². The van der Waals surface area contributed by atoms with Gasteiger partial charge in [-0.2, -0.15) is 0 Å². The molecule has 3 heteroatoms. The summed E-state index contributed by atoms with van der Waals surface area (Å²) in [7, 11) is 0. The topological polar surface area (TPSA) is 37.4 Å². The van der Waals surface area contributed by atoms with E-state index in [9.17, 15) is 9.59 Å². The van der Waals surface area contributed by atoms with Gasteiger partial charge in [0.1, 0.15) is 5.78 Å². The number of hydrogen-bond acceptors (Lipinski definition) is 2. The summed E-state index contributed by atoms with van der Waals surface area (Å²) >= 11 is 0. The number of ketones is 1. The molecule has 92 valence electrons. The highest BCUT2D eigenvalue weighted by molar-refractivity contribution is 6.01. The van der Waals surface area contributed by atoms with Crippen molar-refractivity contribution in [1.29, 1.82) is 0 Å². The quantitative estimate of drug-likeness (QED) is 0.692. The predicted octanol–water partition coefficient (Wildman–Crippen LogP) is 2.39. The summed E-state index contributed by atoms with van der Waals surface area (Å²) < 4.78 is 0. The van der Waals surface area contributed by atoms with E-state index in [1.165, 1.54) is 0 Å². The molecule has 0 radical (unpaired) electrons. The highest BCUT2D eigenvalue weighted by Crippen LogP contribution is 2.24. The molecule has 1 atom stereocenters. The molecule has 0 saturated heterocycles. The number of rotatable bonds is 3. The molecule has 1 aliphatic carbocycles. The zero-order valence-corrected chi connectivity index (χ0v) is 10.8. The van der Waals surface area contributed by atoms with E-state index in [2.05, 4.69) is 0 Å². The third-order valence-electron chi connectivity index (χ3n) is 3.22. The Morgan fingerprint density at radius 2 is 1.75 bits per heavy atom. The molecule has 0 N–H and O–H groups in total. The van der Waals surface area contributed by atoms with Crippen LogP contribution in [0, 0.1) is 5.92 Å². The SMILES string of the molecule is CC(C)N(C(=O)C1CCCCC1=O)C(C)C. The summed E-state index contributed by atoms with van der Waals surface area (Å²) in [6.07, 6.45) is 3.28. The summed E-state index contributed by atoms with van der Waals surface area (Å²) in [5.41, 5.74) is 0. The second-order valence-electron chi connectivity index (χ2n) is 5.20. The average Bonchev–Trinajstić information content (AvgIpc) is 2.16. The van der Waals surface area contributed by atoms with Gasteiger partial charge < -0.3 is 4.90 Å². The Morgan fingerprint density at radius 1 is 1.19 bits per heavy atom. The molecule has 1 unspecified atom stereocenters. The summed E-state index contributed by atoms with van der Waals surface area (Å²) in [5.74, 6) is -0.184. The lowest BCUT2D eigenvalue weighted by Crippen LogP contribution is -2.47. The van der Waals surface area contributed by atoms with Crippen molar-refractivity contribution < 1.29 is 9.59 Å². The average molecular weight is 225 g/mol. The Morgan fingerprint density at radius 3 is 2.19 bits per heavy atom. The first-order valence-corrected chi connectivity index (χ1v) is 6.30. The van der Waals surface area contributed by atoms with Crippen molar-refractivity contribution in [3.05, 3.63) is 0 Å². The van der Waals surface area contributed by atoms with E-state index in [0.717, 1.165) is 19.3 Å². The van der Waals surface area contributed by atoms with Crippen molar-refractivity contribution >= 4 is 11.7 Å². The molecule has 0 heterocycles. The van der Waals surface area contributed by atoms with Crippen LogP contribution in [0.3, 0.4) is 0 Å². The van der Waals surface area contributed by atoms with Crippen LogP contribution in [0.2, 0.25) is 0 Å². The van der Waals surface area contributed by atoms with Gasteiger partial charge in [-0.3, -0.25) is 9.59 Å². The van der Waals surface area contributed by atoms with Gasteiger partial charge in [0.2, 0.25) is 5.91 Å². The van der Waals surface area contributed by atoms with Crippen molar-refractivity contribution in [3.8, 4) is 0 Å². The van der Waals surface area contributed by atoms with Crippen molar-refractivity contribution in [1.82, 2.24) is 4.90 Å². The fourth-order valence-corrected chi connectivity index (χ4v) is 2.53. The maximum absolute atomic E-state index is 12.3. The fraction of sp³-hybridized carbons (Fsp3) is 0.846. The third kappa shape index (κ3) is 2.83. The van der Waals surface area contributed by atoms with Gasteiger partial charge in [0, 0.05) is 18.5 Å². The summed E-state index contributed by atoms with van der Waals surface area (Å²) in [4.78, 5) is 25.9. The molecule has 0 aromatic carbocycles. The Kier molecular flexibility index (Phi) is 4.51. The summed E-state index contributed by atoms with van der Waals surface area (Å²) in [6, 6.07) is 0.337. The lowest BCUT2D eigenvalue weighted by molar-refractivity contribution is -0.145. The highest BCUT2D eigenvalue weighted by Gasteiger charge is 2.34. The minimum atomic E-state index is -0.362. The van der Waals surface area contributed by atoms with Crippen LogP contribution in [0.5, 0.6) is 0 Å². The molecular formula is C13H23NO2. The van der Waals surface area contributed by atoms with Crippen LogP contribution in [0.25, 0.3) is 0 Å². The van der Waals surface area contributed by atoms with Gasteiger partial charge in [0.15, 0.2) is 0 Å². The number of carbonyl (C=O) groups excluding carboxylic acids is 2. The summed E-state index contributed by atoms with van der Waals surface area (Å²) in [6.45, 7) is 8.02. The van der Waals surface area contributed by atoms with Crippen molar-refractivity contribution in [2.45, 2.75) is 65.5 Å². The monoisotopic (exact) mass is 225 g/mol. The van der Waals surface area contributed by atoms with Crippen LogP contribution < -0.4 is 0 Å². The fourth-order valence-electron chi connectivity index (χ4n) is 2.53. The molecule has 1 fully saturated rings. The Bertz CT molecular complexity index is 263. The van der Waals surface area contributed by atoms with Gasteiger partial charge in [0.25, 0.3) is 0 Å². The molecule has 0 aliphatic heterocycles. The Balaban J connectivity index is 2.77. The first kappa shape index (κ1) is 13.2. The van der Waals surface area contributed by atoms with E-state index in [0.29, 0.717) is 6.42 Å². The first-order valence-electron chi connectivity index (χ1n) is 6.30. The van der Waals surface area contributed by atoms with Gasteiger partial charge in [-0.05, 0) is 40.5 Å². The zero-order chi connectivity index (χ0) is 12.3. The maximum Gasteiger partial charge on any atom is 0.233 e. The molecule has 0 aromatic heterocycles. The molecule has 0 bridgehead atoms. The van der Waals surface area contributed by atoms with Crippen LogP contribution in [0.15, 0.2) is 0 Å². The molecule has 0 aromatic rings. The molecule has 0 spiro atoms. The lowest BCUT2D eigenvalue weighted by atomic mass is 9.86. The standard InChI is InChI=1S/C13H23NO2/c1-9(2)14(10(3)4)13(16)11-7-5-6-8-12(11)15/h9-11H,5-8H2,1-4H3. The second-order valence-corrected chi connectivity index (χ2v) is 5.20. The first-order chi connectivity index (χ1) is 7.45. The second kappa shape index (κ2) is 5.46. The zero-order valence-electron chi connectivity index (χ0n) is 10.8. The minimum Gasteiger partial charge on any atom is -0.337 e. The van der Waals surface area contributed by atoms with Gasteiger partial charge >= 0.3 is 0 Å². The molecule has 1 rings (SSSR count). The number of Topliss-reactive ketones (excluding diaryl/α,β-unsaturated/α-hetero) is 1. The largest absolute Gasteiger partial charge is 0.337 e. The van der Waals surface area contributed by atoms with Crippen molar-refractivity contribution in [2.75, 3.05) is 0 Å². The highest BCUT2D eigenvalue weighted by atomic mass is 16.2. The number of nitrogens with zero attached hydrogens (tertiary/aromatic N) is 1. The predicted molar refractivity (Wildman–Crippen MR) is 64.1 cm³/mol. The number of carbonyl (C=O) groups is 2. The van der Waals surface area contributed by atoms with Gasteiger partial charge in [-0.15, -0.1) is 0 Å². The van der Waals surface area contributed by atoms with Gasteiger partial charge in [-0.25, -0.2) is 0 Å². The minimum absolute atomic E-state index is 0.0368. The van der Waals surface area contributed by atoms with Crippen molar-refractivity contribution in [2.24, 2.45) is 5.92 Å². The molecule has 16 heavy (non-hydrogen) atoms. The smallest absolute Gasteiger partial charge is 0.233 e. The van der Waals surface area contributed by atoms with E-state index in [-0.39, 0.29) is 29.7 Å². The van der Waals surface area contributed by atoms with Crippen molar-refractivity contribution in [3.63, 3.8) is 0 Å². The van der Waals surface area contributed by atoms with E-state index in [4.69, 9.17) is 0 Å². The maximum atomic E-state index is 12.3. The number of hydrogen-bond donors (Lipinski definition) is 0. The lowest BCUT2D eigenvalue weighted by Gasteiger charge is -2.34. The molecule has 1 amide bonds. The molecule has 3 nitrogen and oxygen atoms in total. The van der Waals surface area contributed by atoms with E-state index >= 15 is 0 Å². The van der Waals surface area contributed by atoms with E-state index < -0.39 is 0 Å². The molecule has 1 saturated carbocycles.